The molecule has 2 rings (SSSR count). The molecule has 17 heavy (non-hydrogen) atoms. The van der Waals surface area contributed by atoms with E-state index in [-0.39, 0.29) is 0 Å². The van der Waals surface area contributed by atoms with Gasteiger partial charge in [-0.25, -0.2) is 0 Å². The Hall–Kier alpha value is -1.31. The summed E-state index contributed by atoms with van der Waals surface area (Å²) in [6.07, 6.45) is 0.584. The van der Waals surface area contributed by atoms with Crippen LogP contribution in [0.5, 0.6) is 0 Å². The highest BCUT2D eigenvalue weighted by atomic mass is 35.5. The van der Waals surface area contributed by atoms with Crippen LogP contribution in [-0.2, 0) is 5.60 Å². The number of benzene rings is 2. The van der Waals surface area contributed by atoms with Crippen molar-refractivity contribution in [2.45, 2.75) is 18.9 Å². The Morgan fingerprint density at radius 2 is 1.59 bits per heavy atom. The van der Waals surface area contributed by atoms with E-state index in [4.69, 9.17) is 11.6 Å². The van der Waals surface area contributed by atoms with Gasteiger partial charge in [0.2, 0.25) is 0 Å². The zero-order valence-electron chi connectivity index (χ0n) is 9.73. The monoisotopic (exact) mass is 246 g/mol. The quantitative estimate of drug-likeness (QED) is 0.868. The second kappa shape index (κ2) is 4.91. The number of hydrogen-bond donors (Lipinski definition) is 1. The van der Waals surface area contributed by atoms with Crippen molar-refractivity contribution in [2.75, 3.05) is 0 Å². The van der Waals surface area contributed by atoms with Crippen molar-refractivity contribution in [1.29, 1.82) is 0 Å². The first kappa shape index (κ1) is 12.2. The predicted octanol–water partition coefficient (Wildman–Crippen LogP) is 3.99. The Morgan fingerprint density at radius 1 is 1.00 bits per heavy atom. The van der Waals surface area contributed by atoms with Crippen LogP contribution in [0.15, 0.2) is 54.6 Å². The Morgan fingerprint density at radius 3 is 2.18 bits per heavy atom. The van der Waals surface area contributed by atoms with Crippen LogP contribution < -0.4 is 0 Å². The first-order chi connectivity index (χ1) is 8.18. The summed E-state index contributed by atoms with van der Waals surface area (Å²) in [5, 5.41) is 11.5. The van der Waals surface area contributed by atoms with Gasteiger partial charge in [-0.2, -0.15) is 0 Å². The molecule has 1 unspecified atom stereocenters. The molecular weight excluding hydrogens is 232 g/mol. The van der Waals surface area contributed by atoms with Gasteiger partial charge in [0, 0.05) is 10.6 Å². The molecule has 0 amide bonds. The summed E-state index contributed by atoms with van der Waals surface area (Å²) in [4.78, 5) is 0. The Labute approximate surface area is 107 Å². The molecule has 0 saturated carbocycles. The lowest BCUT2D eigenvalue weighted by molar-refractivity contribution is 0.0766. The molecule has 0 bridgehead atoms. The van der Waals surface area contributed by atoms with E-state index in [1.165, 1.54) is 0 Å². The minimum absolute atomic E-state index is 0.584. The molecule has 0 heterocycles. The van der Waals surface area contributed by atoms with Crippen LogP contribution in [0, 0.1) is 0 Å². The maximum Gasteiger partial charge on any atom is 0.116 e. The molecule has 2 heteroatoms. The van der Waals surface area contributed by atoms with Crippen LogP contribution >= 0.6 is 11.6 Å². The first-order valence-corrected chi connectivity index (χ1v) is 6.09. The standard InChI is InChI=1S/C15H15ClO/c1-2-15(17,12-8-4-3-5-9-12)13-10-6-7-11-14(13)16/h3-11,17H,2H2,1H3. The van der Waals surface area contributed by atoms with Gasteiger partial charge in [-0.3, -0.25) is 0 Å². The molecule has 0 aliphatic heterocycles. The SMILES string of the molecule is CCC(O)(c1ccccc1)c1ccccc1Cl. The molecular formula is C15H15ClO. The summed E-state index contributed by atoms with van der Waals surface area (Å²) in [5.41, 5.74) is 0.616. The number of rotatable bonds is 3. The molecule has 0 radical (unpaired) electrons. The zero-order chi connectivity index (χ0) is 12.3. The van der Waals surface area contributed by atoms with E-state index in [0.29, 0.717) is 11.4 Å². The molecule has 0 fully saturated rings. The maximum absolute atomic E-state index is 10.9. The second-order valence-electron chi connectivity index (χ2n) is 4.06. The van der Waals surface area contributed by atoms with Gasteiger partial charge in [-0.05, 0) is 18.1 Å². The van der Waals surface area contributed by atoms with Crippen LogP contribution in [-0.4, -0.2) is 5.11 Å². The number of hydrogen-bond acceptors (Lipinski definition) is 1. The summed E-state index contributed by atoms with van der Waals surface area (Å²) in [5.74, 6) is 0. The van der Waals surface area contributed by atoms with E-state index >= 15 is 0 Å². The van der Waals surface area contributed by atoms with Crippen molar-refractivity contribution < 1.29 is 5.11 Å². The largest absolute Gasteiger partial charge is 0.380 e. The van der Waals surface area contributed by atoms with Crippen molar-refractivity contribution in [3.05, 3.63) is 70.7 Å². The van der Waals surface area contributed by atoms with Crippen LogP contribution in [0.2, 0.25) is 5.02 Å². The van der Waals surface area contributed by atoms with Crippen LogP contribution in [0.3, 0.4) is 0 Å². The molecule has 1 atom stereocenters. The van der Waals surface area contributed by atoms with Crippen molar-refractivity contribution in [2.24, 2.45) is 0 Å². The summed E-state index contributed by atoms with van der Waals surface area (Å²) in [7, 11) is 0. The molecule has 0 aliphatic rings. The minimum Gasteiger partial charge on any atom is -0.380 e. The molecule has 0 saturated heterocycles. The maximum atomic E-state index is 10.9. The normalized spacial score (nSPS) is 14.3. The van der Waals surface area contributed by atoms with Gasteiger partial charge in [0.05, 0.1) is 0 Å². The van der Waals surface area contributed by atoms with Crippen LogP contribution in [0.25, 0.3) is 0 Å². The first-order valence-electron chi connectivity index (χ1n) is 5.71. The minimum atomic E-state index is -1.01. The number of aliphatic hydroxyl groups is 1. The summed E-state index contributed by atoms with van der Waals surface area (Å²) in [6.45, 7) is 1.95. The highest BCUT2D eigenvalue weighted by molar-refractivity contribution is 6.31. The van der Waals surface area contributed by atoms with E-state index in [2.05, 4.69) is 0 Å². The van der Waals surface area contributed by atoms with Gasteiger partial charge < -0.3 is 5.11 Å². The molecule has 1 N–H and O–H groups in total. The molecule has 1 nitrogen and oxygen atoms in total. The van der Waals surface area contributed by atoms with E-state index in [0.717, 1.165) is 11.1 Å². The smallest absolute Gasteiger partial charge is 0.116 e. The average molecular weight is 247 g/mol. The van der Waals surface area contributed by atoms with Crippen molar-refractivity contribution >= 4 is 11.6 Å². The lowest BCUT2D eigenvalue weighted by Gasteiger charge is -2.28. The summed E-state index contributed by atoms with van der Waals surface area (Å²) < 4.78 is 0. The molecule has 0 spiro atoms. The Bertz CT molecular complexity index is 495. The molecule has 2 aromatic carbocycles. The zero-order valence-corrected chi connectivity index (χ0v) is 10.5. The van der Waals surface area contributed by atoms with E-state index in [1.54, 1.807) is 6.07 Å². The van der Waals surface area contributed by atoms with Gasteiger partial charge in [0.1, 0.15) is 5.60 Å². The van der Waals surface area contributed by atoms with E-state index in [1.807, 2.05) is 55.5 Å². The van der Waals surface area contributed by atoms with Gasteiger partial charge in [0.15, 0.2) is 0 Å². The molecule has 0 aromatic heterocycles. The number of halogens is 1. The summed E-state index contributed by atoms with van der Waals surface area (Å²) in [6, 6.07) is 17.1. The third-order valence-electron chi connectivity index (χ3n) is 3.08. The Kier molecular flexibility index (Phi) is 3.51. The van der Waals surface area contributed by atoms with Crippen molar-refractivity contribution in [1.82, 2.24) is 0 Å². The lowest BCUT2D eigenvalue weighted by atomic mass is 9.84. The third kappa shape index (κ3) is 2.21. The molecule has 2 aromatic rings. The molecule has 88 valence electrons. The van der Waals surface area contributed by atoms with Crippen LogP contribution in [0.1, 0.15) is 24.5 Å². The Balaban J connectivity index is 2.56. The fourth-order valence-electron chi connectivity index (χ4n) is 2.06. The van der Waals surface area contributed by atoms with Crippen molar-refractivity contribution in [3.63, 3.8) is 0 Å². The predicted molar refractivity (Wildman–Crippen MR) is 71.2 cm³/mol. The van der Waals surface area contributed by atoms with Gasteiger partial charge >= 0.3 is 0 Å². The highest BCUT2D eigenvalue weighted by Gasteiger charge is 2.30. The average Bonchev–Trinajstić information content (AvgIpc) is 2.39. The van der Waals surface area contributed by atoms with Crippen molar-refractivity contribution in [3.8, 4) is 0 Å². The van der Waals surface area contributed by atoms with E-state index < -0.39 is 5.60 Å². The van der Waals surface area contributed by atoms with Gasteiger partial charge in [-0.15, -0.1) is 0 Å². The second-order valence-corrected chi connectivity index (χ2v) is 4.47. The van der Waals surface area contributed by atoms with Crippen LogP contribution in [0.4, 0.5) is 0 Å². The van der Waals surface area contributed by atoms with E-state index in [9.17, 15) is 5.11 Å². The fourth-order valence-corrected chi connectivity index (χ4v) is 2.35. The topological polar surface area (TPSA) is 20.2 Å². The lowest BCUT2D eigenvalue weighted by Crippen LogP contribution is -2.26. The third-order valence-corrected chi connectivity index (χ3v) is 3.41. The summed E-state index contributed by atoms with van der Waals surface area (Å²) >= 11 is 6.18. The van der Waals surface area contributed by atoms with Gasteiger partial charge in [-0.1, -0.05) is 67.1 Å². The van der Waals surface area contributed by atoms with Gasteiger partial charge in [0.25, 0.3) is 0 Å². The highest BCUT2D eigenvalue weighted by Crippen LogP contribution is 2.36. The molecule has 0 aliphatic carbocycles. The fraction of sp³-hybridized carbons (Fsp3) is 0.200.